The van der Waals surface area contributed by atoms with E-state index in [-0.39, 0.29) is 24.6 Å². The van der Waals surface area contributed by atoms with Crippen molar-refractivity contribution in [2.75, 3.05) is 49.9 Å². The number of anilines is 2. The van der Waals surface area contributed by atoms with Crippen LogP contribution in [0.25, 0.3) is 0 Å². The summed E-state index contributed by atoms with van der Waals surface area (Å²) in [6, 6.07) is 11.4. The summed E-state index contributed by atoms with van der Waals surface area (Å²) in [5.74, 6) is -1.08. The van der Waals surface area contributed by atoms with Crippen LogP contribution in [0.5, 0.6) is 0 Å². The van der Waals surface area contributed by atoms with Gasteiger partial charge < -0.3 is 15.7 Å². The second-order valence-electron chi connectivity index (χ2n) is 7.99. The maximum atomic E-state index is 13.6. The zero-order valence-corrected chi connectivity index (χ0v) is 18.7. The highest BCUT2D eigenvalue weighted by Gasteiger charge is 2.22. The smallest absolute Gasteiger partial charge is 0.238 e. The molecule has 0 aliphatic carbocycles. The zero-order chi connectivity index (χ0) is 23.1. The second-order valence-corrected chi connectivity index (χ2v) is 8.40. The number of halogens is 2. The first-order valence-corrected chi connectivity index (χ1v) is 10.9. The van der Waals surface area contributed by atoms with Gasteiger partial charge in [-0.15, -0.1) is 0 Å². The van der Waals surface area contributed by atoms with Crippen LogP contribution in [-0.4, -0.2) is 72.1 Å². The van der Waals surface area contributed by atoms with E-state index in [1.54, 1.807) is 24.3 Å². The van der Waals surface area contributed by atoms with Crippen molar-refractivity contribution >= 4 is 34.8 Å². The van der Waals surface area contributed by atoms with Crippen LogP contribution >= 0.6 is 11.6 Å². The maximum absolute atomic E-state index is 13.6. The van der Waals surface area contributed by atoms with Crippen LogP contribution in [0, 0.1) is 12.7 Å². The number of hydrogen-bond donors (Lipinski definition) is 3. The number of amides is 2. The Bertz CT molecular complexity index is 951. The second kappa shape index (κ2) is 11.4. The third-order valence-corrected chi connectivity index (χ3v) is 5.58. The van der Waals surface area contributed by atoms with E-state index in [1.165, 1.54) is 12.1 Å². The molecule has 1 fully saturated rings. The minimum atomic E-state index is -0.861. The van der Waals surface area contributed by atoms with Crippen LogP contribution in [0.4, 0.5) is 15.8 Å². The summed E-state index contributed by atoms with van der Waals surface area (Å²) >= 11 is 6.17. The van der Waals surface area contributed by atoms with E-state index >= 15 is 0 Å². The molecule has 3 rings (SSSR count). The van der Waals surface area contributed by atoms with Crippen LogP contribution in [-0.2, 0) is 9.59 Å². The van der Waals surface area contributed by atoms with Crippen LogP contribution in [0.15, 0.2) is 42.5 Å². The molecule has 0 radical (unpaired) electrons. The van der Waals surface area contributed by atoms with E-state index in [4.69, 9.17) is 11.6 Å². The van der Waals surface area contributed by atoms with Gasteiger partial charge in [0.25, 0.3) is 0 Å². The summed E-state index contributed by atoms with van der Waals surface area (Å²) in [5.41, 5.74) is 1.72. The predicted molar refractivity (Wildman–Crippen MR) is 123 cm³/mol. The van der Waals surface area contributed by atoms with Crippen molar-refractivity contribution in [2.24, 2.45) is 0 Å². The lowest BCUT2D eigenvalue weighted by atomic mass is 10.2. The molecule has 1 saturated heterocycles. The molecule has 0 bridgehead atoms. The fourth-order valence-corrected chi connectivity index (χ4v) is 3.87. The number of aryl methyl sites for hydroxylation is 1. The molecule has 1 aliphatic heterocycles. The van der Waals surface area contributed by atoms with Gasteiger partial charge in [-0.3, -0.25) is 19.4 Å². The van der Waals surface area contributed by atoms with Crippen molar-refractivity contribution in [3.05, 3.63) is 58.9 Å². The molecule has 0 spiro atoms. The van der Waals surface area contributed by atoms with Gasteiger partial charge in [-0.2, -0.15) is 0 Å². The minimum Gasteiger partial charge on any atom is -0.391 e. The zero-order valence-electron chi connectivity index (χ0n) is 18.0. The first-order chi connectivity index (χ1) is 15.3. The average Bonchev–Trinajstić information content (AvgIpc) is 2.73. The van der Waals surface area contributed by atoms with E-state index in [0.29, 0.717) is 43.4 Å². The number of nitrogens with zero attached hydrogens (tertiary/aromatic N) is 2. The Balaban J connectivity index is 1.37. The summed E-state index contributed by atoms with van der Waals surface area (Å²) in [4.78, 5) is 28.5. The lowest BCUT2D eigenvalue weighted by Crippen LogP contribution is -2.50. The number of aliphatic hydroxyl groups excluding tert-OH is 1. The molecule has 172 valence electrons. The highest BCUT2D eigenvalue weighted by Crippen LogP contribution is 2.22. The van der Waals surface area contributed by atoms with E-state index in [1.807, 2.05) is 22.8 Å². The van der Waals surface area contributed by atoms with Gasteiger partial charge in [0.2, 0.25) is 11.8 Å². The molecule has 3 N–H and O–H groups in total. The number of rotatable bonds is 8. The van der Waals surface area contributed by atoms with Crippen molar-refractivity contribution in [1.82, 2.24) is 9.80 Å². The van der Waals surface area contributed by atoms with Crippen LogP contribution < -0.4 is 10.6 Å². The van der Waals surface area contributed by atoms with E-state index in [9.17, 15) is 19.1 Å². The third kappa shape index (κ3) is 7.27. The highest BCUT2D eigenvalue weighted by atomic mass is 35.5. The van der Waals surface area contributed by atoms with Gasteiger partial charge in [-0.1, -0.05) is 29.8 Å². The number of hydrogen-bond acceptors (Lipinski definition) is 5. The van der Waals surface area contributed by atoms with E-state index in [2.05, 4.69) is 10.6 Å². The number of benzene rings is 2. The van der Waals surface area contributed by atoms with Crippen molar-refractivity contribution in [3.8, 4) is 0 Å². The van der Waals surface area contributed by atoms with Gasteiger partial charge in [0.1, 0.15) is 5.82 Å². The average molecular weight is 463 g/mol. The monoisotopic (exact) mass is 462 g/mol. The molecular formula is C23H28ClFN4O3. The summed E-state index contributed by atoms with van der Waals surface area (Å²) < 4.78 is 13.6. The molecule has 2 aromatic carbocycles. The molecule has 2 aromatic rings. The molecule has 2 amide bonds. The molecule has 0 aromatic heterocycles. The van der Waals surface area contributed by atoms with Gasteiger partial charge in [0.05, 0.1) is 35.5 Å². The molecule has 1 heterocycles. The number of nitrogens with one attached hydrogen (secondary N) is 2. The largest absolute Gasteiger partial charge is 0.391 e. The number of carbonyl (C=O) groups excluding carboxylic acids is 2. The summed E-state index contributed by atoms with van der Waals surface area (Å²) in [6.07, 6.45) is -0.978. The van der Waals surface area contributed by atoms with Gasteiger partial charge in [0.15, 0.2) is 0 Å². The summed E-state index contributed by atoms with van der Waals surface area (Å²) in [7, 11) is 0. The molecule has 1 aliphatic rings. The van der Waals surface area contributed by atoms with Gasteiger partial charge in [-0.25, -0.2) is 4.39 Å². The molecule has 1 unspecified atom stereocenters. The number of piperazine rings is 1. The number of β-amino-alcohol motifs (C(OH)–C–C–N with tert-alkyl or cyclic N) is 1. The lowest BCUT2D eigenvalue weighted by Gasteiger charge is -2.35. The fraction of sp³-hybridized carbons (Fsp3) is 0.391. The third-order valence-electron chi connectivity index (χ3n) is 5.27. The SMILES string of the molecule is Cc1ccc(NC(=O)CN2CCN(CC(O)CC(=O)Nc3ccccc3F)CC2)c(Cl)c1. The number of aliphatic hydroxyl groups is 1. The Morgan fingerprint density at radius 1 is 1.03 bits per heavy atom. The normalized spacial score (nSPS) is 15.9. The fourth-order valence-electron chi connectivity index (χ4n) is 3.58. The molecule has 32 heavy (non-hydrogen) atoms. The summed E-state index contributed by atoms with van der Waals surface area (Å²) in [5, 5.41) is 16.1. The predicted octanol–water partition coefficient (Wildman–Crippen LogP) is 2.73. The Morgan fingerprint density at radius 2 is 1.69 bits per heavy atom. The number of carbonyl (C=O) groups is 2. The first-order valence-electron chi connectivity index (χ1n) is 10.5. The highest BCUT2D eigenvalue weighted by molar-refractivity contribution is 6.33. The van der Waals surface area contributed by atoms with Crippen molar-refractivity contribution in [2.45, 2.75) is 19.4 Å². The van der Waals surface area contributed by atoms with Crippen LogP contribution in [0.2, 0.25) is 5.02 Å². The van der Waals surface area contributed by atoms with E-state index in [0.717, 1.165) is 5.56 Å². The minimum absolute atomic E-state index is 0.100. The Kier molecular flexibility index (Phi) is 8.58. The molecule has 7 nitrogen and oxygen atoms in total. The van der Waals surface area contributed by atoms with Crippen molar-refractivity contribution in [1.29, 1.82) is 0 Å². The van der Waals surface area contributed by atoms with Gasteiger partial charge in [0, 0.05) is 32.7 Å². The number of para-hydroxylation sites is 1. The Labute approximate surface area is 192 Å². The van der Waals surface area contributed by atoms with Crippen LogP contribution in [0.1, 0.15) is 12.0 Å². The quantitative estimate of drug-likeness (QED) is 0.561. The molecule has 1 atom stereocenters. The summed E-state index contributed by atoms with van der Waals surface area (Å²) in [6.45, 7) is 5.21. The Morgan fingerprint density at radius 3 is 2.38 bits per heavy atom. The topological polar surface area (TPSA) is 84.9 Å². The molecule has 9 heteroatoms. The van der Waals surface area contributed by atoms with Crippen molar-refractivity contribution < 1.29 is 19.1 Å². The van der Waals surface area contributed by atoms with Crippen LogP contribution in [0.3, 0.4) is 0 Å². The van der Waals surface area contributed by atoms with Gasteiger partial charge in [-0.05, 0) is 36.8 Å². The van der Waals surface area contributed by atoms with Gasteiger partial charge >= 0.3 is 0 Å². The van der Waals surface area contributed by atoms with Crippen molar-refractivity contribution in [3.63, 3.8) is 0 Å². The first kappa shape index (κ1) is 24.1. The maximum Gasteiger partial charge on any atom is 0.238 e. The standard InChI is InChI=1S/C23H28ClFN4O3/c1-16-6-7-20(18(24)12-16)26-23(32)15-29-10-8-28(9-11-29)14-17(30)13-22(31)27-21-5-3-2-4-19(21)25/h2-7,12,17,30H,8-11,13-15H2,1H3,(H,26,32)(H,27,31). The molecule has 0 saturated carbocycles. The van der Waals surface area contributed by atoms with E-state index < -0.39 is 17.8 Å². The molecular weight excluding hydrogens is 435 g/mol. The lowest BCUT2D eigenvalue weighted by molar-refractivity contribution is -0.119. The Hall–Kier alpha value is -2.52.